The molecule has 3 N–H and O–H groups in total. The number of carbonyl (C=O) groups excluding carboxylic acids is 1. The third kappa shape index (κ3) is 3.82. The van der Waals surface area contributed by atoms with Crippen molar-refractivity contribution in [2.75, 3.05) is 11.9 Å². The smallest absolute Gasteiger partial charge is 0.325 e. The van der Waals surface area contributed by atoms with Crippen LogP contribution < -0.4 is 10.6 Å². The molecule has 0 unspecified atom stereocenters. The molecule has 1 rings (SSSR count). The van der Waals surface area contributed by atoms with Gasteiger partial charge in [0, 0.05) is 12.7 Å². The highest BCUT2D eigenvalue weighted by atomic mass is 16.4. The maximum absolute atomic E-state index is 11.2. The Kier molecular flexibility index (Phi) is 4.07. The molecule has 0 fully saturated rings. The fraction of sp³-hybridized carbons (Fsp3) is 0.222. The first kappa shape index (κ1) is 11.8. The van der Waals surface area contributed by atoms with E-state index in [2.05, 4.69) is 22.3 Å². The molecule has 1 aromatic rings. The van der Waals surface area contributed by atoms with Crippen molar-refractivity contribution >= 4 is 17.7 Å². The monoisotopic (exact) mass is 224 g/mol. The van der Waals surface area contributed by atoms with Crippen LogP contribution in [-0.4, -0.2) is 33.4 Å². The van der Waals surface area contributed by atoms with Crippen LogP contribution in [0.4, 0.5) is 10.5 Å². The van der Waals surface area contributed by atoms with Gasteiger partial charge in [0.05, 0.1) is 11.9 Å². The van der Waals surface area contributed by atoms with E-state index in [1.165, 1.54) is 17.1 Å². The molecule has 1 heterocycles. The minimum absolute atomic E-state index is 0.240. The van der Waals surface area contributed by atoms with Gasteiger partial charge in [0.25, 0.3) is 0 Å². The number of nitrogens with one attached hydrogen (secondary N) is 2. The molecule has 0 bridgehead atoms. The Labute approximate surface area is 91.8 Å². The first-order chi connectivity index (χ1) is 7.61. The molecule has 0 spiro atoms. The molecule has 0 aromatic carbocycles. The predicted octanol–water partition coefficient (Wildman–Crippen LogP) is 0.275. The zero-order valence-corrected chi connectivity index (χ0v) is 8.51. The first-order valence-corrected chi connectivity index (χ1v) is 4.52. The van der Waals surface area contributed by atoms with E-state index in [1.807, 2.05) is 0 Å². The summed E-state index contributed by atoms with van der Waals surface area (Å²) in [6, 6.07) is -0.394. The van der Waals surface area contributed by atoms with E-state index >= 15 is 0 Å². The molecule has 7 nitrogen and oxygen atoms in total. The number of carbonyl (C=O) groups is 2. The summed E-state index contributed by atoms with van der Waals surface area (Å²) in [6.45, 7) is 3.57. The highest BCUT2D eigenvalue weighted by Crippen LogP contribution is 2.03. The van der Waals surface area contributed by atoms with E-state index in [4.69, 9.17) is 5.11 Å². The van der Waals surface area contributed by atoms with Crippen LogP contribution in [0.1, 0.15) is 0 Å². The molecule has 0 atom stereocenters. The average Bonchev–Trinajstić information content (AvgIpc) is 2.61. The van der Waals surface area contributed by atoms with Crippen LogP contribution in [0.3, 0.4) is 0 Å². The summed E-state index contributed by atoms with van der Waals surface area (Å²) >= 11 is 0. The number of aliphatic carboxylic acids is 1. The number of aromatic nitrogens is 2. The highest BCUT2D eigenvalue weighted by molar-refractivity contribution is 5.88. The summed E-state index contributed by atoms with van der Waals surface area (Å²) in [5.41, 5.74) is 0.433. The number of hydrogen-bond donors (Lipinski definition) is 3. The highest BCUT2D eigenvalue weighted by Gasteiger charge is 2.04. The molecule has 7 heteroatoms. The fourth-order valence-corrected chi connectivity index (χ4v) is 0.993. The van der Waals surface area contributed by atoms with Gasteiger partial charge in [-0.2, -0.15) is 5.10 Å². The molecule has 0 aliphatic heterocycles. The largest absolute Gasteiger partial charge is 0.480 e. The minimum atomic E-state index is -0.995. The fourth-order valence-electron chi connectivity index (χ4n) is 0.993. The third-order valence-corrected chi connectivity index (χ3v) is 1.60. The number of amides is 2. The number of anilines is 1. The molecule has 2 amide bonds. The zero-order valence-electron chi connectivity index (χ0n) is 8.51. The topological polar surface area (TPSA) is 96.3 Å². The Hall–Kier alpha value is -2.31. The molecule has 0 radical (unpaired) electrons. The van der Waals surface area contributed by atoms with Gasteiger partial charge in [0.1, 0.15) is 6.54 Å². The van der Waals surface area contributed by atoms with E-state index in [0.29, 0.717) is 12.2 Å². The van der Waals surface area contributed by atoms with Crippen molar-refractivity contribution in [1.82, 2.24) is 15.1 Å². The number of hydrogen-bond acceptors (Lipinski definition) is 3. The lowest BCUT2D eigenvalue weighted by atomic mass is 10.5. The van der Waals surface area contributed by atoms with Gasteiger partial charge in [0.15, 0.2) is 0 Å². The summed E-state index contributed by atoms with van der Waals surface area (Å²) in [7, 11) is 0. The maximum atomic E-state index is 11.2. The van der Waals surface area contributed by atoms with E-state index in [0.717, 1.165) is 0 Å². The second-order valence-corrected chi connectivity index (χ2v) is 2.94. The third-order valence-electron chi connectivity index (χ3n) is 1.60. The van der Waals surface area contributed by atoms with Crippen molar-refractivity contribution in [2.45, 2.75) is 6.54 Å². The lowest BCUT2D eigenvalue weighted by Crippen LogP contribution is -2.28. The standard InChI is InChI=1S/C9H12N4O3/c1-2-3-10-9(16)12-7-4-11-13(5-7)6-8(14)15/h2,4-5H,1,3,6H2,(H,14,15)(H2,10,12,16). The van der Waals surface area contributed by atoms with Crippen molar-refractivity contribution in [3.63, 3.8) is 0 Å². The molecule has 0 saturated heterocycles. The van der Waals surface area contributed by atoms with Crippen molar-refractivity contribution in [3.05, 3.63) is 25.0 Å². The van der Waals surface area contributed by atoms with Gasteiger partial charge in [0.2, 0.25) is 0 Å². The van der Waals surface area contributed by atoms with Crippen LogP contribution in [0, 0.1) is 0 Å². The van der Waals surface area contributed by atoms with Crippen LogP contribution >= 0.6 is 0 Å². The summed E-state index contributed by atoms with van der Waals surface area (Å²) in [5, 5.41) is 17.3. The number of carboxylic acids is 1. The number of nitrogens with zero attached hydrogens (tertiary/aromatic N) is 2. The van der Waals surface area contributed by atoms with Crippen LogP contribution in [0.15, 0.2) is 25.0 Å². The van der Waals surface area contributed by atoms with Crippen LogP contribution in [0.2, 0.25) is 0 Å². The van der Waals surface area contributed by atoms with Crippen LogP contribution in [0.25, 0.3) is 0 Å². The summed E-state index contributed by atoms with van der Waals surface area (Å²) in [6.07, 6.45) is 4.35. The normalized spacial score (nSPS) is 9.50. The van der Waals surface area contributed by atoms with E-state index in [9.17, 15) is 9.59 Å². The van der Waals surface area contributed by atoms with Gasteiger partial charge in [-0.05, 0) is 0 Å². The van der Waals surface area contributed by atoms with Crippen LogP contribution in [0.5, 0.6) is 0 Å². The van der Waals surface area contributed by atoms with E-state index in [-0.39, 0.29) is 6.54 Å². The summed E-state index contributed by atoms with van der Waals surface area (Å²) < 4.78 is 1.21. The van der Waals surface area contributed by atoms with Gasteiger partial charge >= 0.3 is 12.0 Å². The number of rotatable bonds is 5. The SMILES string of the molecule is C=CCNC(=O)Nc1cnn(CC(=O)O)c1. The van der Waals surface area contributed by atoms with Crippen LogP contribution in [-0.2, 0) is 11.3 Å². The van der Waals surface area contributed by atoms with Gasteiger partial charge in [-0.25, -0.2) is 4.79 Å². The van der Waals surface area contributed by atoms with E-state index < -0.39 is 12.0 Å². The zero-order chi connectivity index (χ0) is 12.0. The van der Waals surface area contributed by atoms with Crippen molar-refractivity contribution in [2.24, 2.45) is 0 Å². The maximum Gasteiger partial charge on any atom is 0.325 e. The van der Waals surface area contributed by atoms with E-state index in [1.54, 1.807) is 6.08 Å². The Morgan fingerprint density at radius 3 is 3.00 bits per heavy atom. The molecular formula is C9H12N4O3. The Bertz CT molecular complexity index is 399. The molecule has 0 aliphatic rings. The average molecular weight is 224 g/mol. The summed E-state index contributed by atoms with van der Waals surface area (Å²) in [4.78, 5) is 21.5. The van der Waals surface area contributed by atoms with Gasteiger partial charge in [-0.15, -0.1) is 6.58 Å². The number of urea groups is 1. The Morgan fingerprint density at radius 1 is 1.62 bits per heavy atom. The second kappa shape index (κ2) is 5.54. The molecule has 1 aromatic heterocycles. The minimum Gasteiger partial charge on any atom is -0.480 e. The van der Waals surface area contributed by atoms with Gasteiger partial charge in [-0.3, -0.25) is 9.48 Å². The lowest BCUT2D eigenvalue weighted by Gasteiger charge is -2.02. The van der Waals surface area contributed by atoms with Crippen molar-refractivity contribution in [1.29, 1.82) is 0 Å². The quantitative estimate of drug-likeness (QED) is 0.625. The molecule has 0 aliphatic carbocycles. The first-order valence-electron chi connectivity index (χ1n) is 4.52. The number of carboxylic acid groups (broad SMARTS) is 1. The molecule has 86 valence electrons. The van der Waals surface area contributed by atoms with Gasteiger partial charge in [-0.1, -0.05) is 6.08 Å². The van der Waals surface area contributed by atoms with Crippen molar-refractivity contribution < 1.29 is 14.7 Å². The Balaban J connectivity index is 2.48. The summed E-state index contributed by atoms with van der Waals surface area (Å²) in [5.74, 6) is -0.995. The van der Waals surface area contributed by atoms with Gasteiger partial charge < -0.3 is 15.7 Å². The second-order valence-electron chi connectivity index (χ2n) is 2.94. The Morgan fingerprint density at radius 2 is 2.38 bits per heavy atom. The molecule has 16 heavy (non-hydrogen) atoms. The van der Waals surface area contributed by atoms with Crippen molar-refractivity contribution in [3.8, 4) is 0 Å². The lowest BCUT2D eigenvalue weighted by molar-refractivity contribution is -0.137. The molecular weight excluding hydrogens is 212 g/mol. The molecule has 0 saturated carbocycles. The predicted molar refractivity (Wildman–Crippen MR) is 57.1 cm³/mol.